The van der Waals surface area contributed by atoms with E-state index in [4.69, 9.17) is 4.98 Å². The Morgan fingerprint density at radius 3 is 2.62 bits per heavy atom. The van der Waals surface area contributed by atoms with Gasteiger partial charge in [0.25, 0.3) is 0 Å². The van der Waals surface area contributed by atoms with Gasteiger partial charge in [-0.15, -0.1) is 0 Å². The van der Waals surface area contributed by atoms with E-state index in [0.717, 1.165) is 34.7 Å². The first-order chi connectivity index (χ1) is 13.8. The normalized spacial score (nSPS) is 12.9. The Bertz CT molecular complexity index is 1180. The molecule has 0 N–H and O–H groups in total. The number of hydrogen-bond donors (Lipinski definition) is 0. The van der Waals surface area contributed by atoms with Crippen LogP contribution in [0.5, 0.6) is 0 Å². The van der Waals surface area contributed by atoms with Gasteiger partial charge in [0.2, 0.25) is 0 Å². The summed E-state index contributed by atoms with van der Waals surface area (Å²) >= 11 is 0. The molecule has 0 aliphatic rings. The van der Waals surface area contributed by atoms with E-state index in [1.165, 1.54) is 0 Å². The average molecular weight is 388 g/mol. The highest BCUT2D eigenvalue weighted by Gasteiger charge is 2.22. The zero-order chi connectivity index (χ0) is 20.6. The lowest BCUT2D eigenvalue weighted by Gasteiger charge is -2.24. The molecule has 8 heteroatoms. The number of aryl methyl sites for hydroxylation is 1. The molecule has 0 radical (unpaired) electrons. The molecule has 1 atom stereocenters. The number of imidazole rings is 1. The Labute approximate surface area is 169 Å². The SMILES string of the molecule is Cn1cc(-c2cc3nccn3c(-c3cnn(C(CC#N)CC(C)(C)C)c3)n2)cn1. The largest absolute Gasteiger partial charge is 0.284 e. The van der Waals surface area contributed by atoms with Crippen LogP contribution < -0.4 is 0 Å². The molecule has 4 rings (SSSR count). The van der Waals surface area contributed by atoms with Gasteiger partial charge in [-0.25, -0.2) is 9.97 Å². The molecule has 4 aromatic rings. The lowest BCUT2D eigenvalue weighted by atomic mass is 9.87. The predicted octanol–water partition coefficient (Wildman–Crippen LogP) is 3.88. The van der Waals surface area contributed by atoms with Crippen LogP contribution in [0, 0.1) is 16.7 Å². The van der Waals surface area contributed by atoms with Crippen LogP contribution >= 0.6 is 0 Å². The Hall–Kier alpha value is -3.47. The molecule has 0 saturated heterocycles. The fraction of sp³-hybridized carbons (Fsp3) is 0.381. The molecule has 0 aliphatic heterocycles. The maximum atomic E-state index is 9.27. The van der Waals surface area contributed by atoms with Gasteiger partial charge in [0.15, 0.2) is 0 Å². The smallest absolute Gasteiger partial charge is 0.149 e. The summed E-state index contributed by atoms with van der Waals surface area (Å²) in [7, 11) is 1.88. The van der Waals surface area contributed by atoms with Crippen molar-refractivity contribution in [2.45, 2.75) is 39.7 Å². The molecule has 8 nitrogen and oxygen atoms in total. The van der Waals surface area contributed by atoms with Crippen molar-refractivity contribution >= 4 is 5.65 Å². The second-order valence-electron chi connectivity index (χ2n) is 8.51. The molecule has 148 valence electrons. The van der Waals surface area contributed by atoms with Crippen LogP contribution in [0.2, 0.25) is 0 Å². The van der Waals surface area contributed by atoms with Crippen LogP contribution in [0.25, 0.3) is 28.3 Å². The molecule has 4 heterocycles. The van der Waals surface area contributed by atoms with Gasteiger partial charge < -0.3 is 0 Å². The first kappa shape index (κ1) is 18.9. The van der Waals surface area contributed by atoms with Gasteiger partial charge >= 0.3 is 0 Å². The van der Waals surface area contributed by atoms with Crippen molar-refractivity contribution in [1.29, 1.82) is 5.26 Å². The molecule has 4 aromatic heterocycles. The van der Waals surface area contributed by atoms with Crippen LogP contribution in [0.4, 0.5) is 0 Å². The predicted molar refractivity (Wildman–Crippen MR) is 110 cm³/mol. The summed E-state index contributed by atoms with van der Waals surface area (Å²) in [5.41, 5.74) is 3.54. The summed E-state index contributed by atoms with van der Waals surface area (Å²) in [6.45, 7) is 6.53. The second-order valence-corrected chi connectivity index (χ2v) is 8.51. The minimum absolute atomic E-state index is 0.0218. The topological polar surface area (TPSA) is 89.6 Å². The van der Waals surface area contributed by atoms with E-state index in [1.807, 2.05) is 47.0 Å². The van der Waals surface area contributed by atoms with E-state index in [9.17, 15) is 5.26 Å². The minimum atomic E-state index is 0.0218. The lowest BCUT2D eigenvalue weighted by Crippen LogP contribution is -2.17. The Balaban J connectivity index is 1.77. The van der Waals surface area contributed by atoms with Gasteiger partial charge in [-0.05, 0) is 11.8 Å². The molecule has 0 bridgehead atoms. The molecular weight excluding hydrogens is 364 g/mol. The third-order valence-electron chi connectivity index (χ3n) is 4.80. The van der Waals surface area contributed by atoms with Crippen molar-refractivity contribution < 1.29 is 0 Å². The van der Waals surface area contributed by atoms with Gasteiger partial charge in [0.05, 0.1) is 42.2 Å². The molecule has 29 heavy (non-hydrogen) atoms. The molecular formula is C21H24N8. The van der Waals surface area contributed by atoms with Crippen molar-refractivity contribution in [3.05, 3.63) is 43.2 Å². The Kier molecular flexibility index (Phi) is 4.66. The van der Waals surface area contributed by atoms with Crippen molar-refractivity contribution in [2.75, 3.05) is 0 Å². The molecule has 0 saturated carbocycles. The van der Waals surface area contributed by atoms with Crippen molar-refractivity contribution in [2.24, 2.45) is 12.5 Å². The molecule has 0 amide bonds. The third kappa shape index (κ3) is 3.90. The number of fused-ring (bicyclic) bond motifs is 1. The van der Waals surface area contributed by atoms with Crippen molar-refractivity contribution in [1.82, 2.24) is 33.9 Å². The first-order valence-corrected chi connectivity index (χ1v) is 9.59. The number of nitrogens with zero attached hydrogens (tertiary/aromatic N) is 8. The quantitative estimate of drug-likeness (QED) is 0.517. The number of hydrogen-bond acceptors (Lipinski definition) is 5. The number of rotatable bonds is 5. The number of nitriles is 1. The maximum absolute atomic E-state index is 9.27. The van der Waals surface area contributed by atoms with E-state index in [2.05, 4.69) is 42.0 Å². The van der Waals surface area contributed by atoms with Gasteiger partial charge in [-0.1, -0.05) is 20.8 Å². The van der Waals surface area contributed by atoms with Crippen molar-refractivity contribution in [3.63, 3.8) is 0 Å². The van der Waals surface area contributed by atoms with Crippen LogP contribution in [0.15, 0.2) is 43.2 Å². The highest BCUT2D eigenvalue weighted by molar-refractivity contribution is 5.68. The summed E-state index contributed by atoms with van der Waals surface area (Å²) in [5.74, 6) is 0.761. The average Bonchev–Trinajstić information content (AvgIpc) is 3.39. The standard InChI is InChI=1S/C21H24N8/c1-21(2,3)10-17(5-6-22)29-14-16(12-25-29)20-26-18(15-11-24-27(4)13-15)9-19-23-7-8-28(19)20/h7-9,11-14,17H,5,10H2,1-4H3. The Morgan fingerprint density at radius 2 is 1.93 bits per heavy atom. The van der Waals surface area contributed by atoms with Crippen LogP contribution in [-0.4, -0.2) is 33.9 Å². The first-order valence-electron chi connectivity index (χ1n) is 9.59. The Morgan fingerprint density at radius 1 is 1.14 bits per heavy atom. The second kappa shape index (κ2) is 7.17. The number of aromatic nitrogens is 7. The zero-order valence-electron chi connectivity index (χ0n) is 17.1. The summed E-state index contributed by atoms with van der Waals surface area (Å²) < 4.78 is 5.60. The van der Waals surface area contributed by atoms with E-state index in [0.29, 0.717) is 6.42 Å². The van der Waals surface area contributed by atoms with E-state index in [-0.39, 0.29) is 11.5 Å². The van der Waals surface area contributed by atoms with Crippen LogP contribution in [0.1, 0.15) is 39.7 Å². The lowest BCUT2D eigenvalue weighted by molar-refractivity contribution is 0.281. The minimum Gasteiger partial charge on any atom is -0.284 e. The van der Waals surface area contributed by atoms with Gasteiger partial charge in [0, 0.05) is 43.5 Å². The van der Waals surface area contributed by atoms with Crippen LogP contribution in [0.3, 0.4) is 0 Å². The van der Waals surface area contributed by atoms with Gasteiger partial charge in [-0.3, -0.25) is 13.8 Å². The summed E-state index contributed by atoms with van der Waals surface area (Å²) in [6.07, 6.45) is 12.4. The monoisotopic (exact) mass is 388 g/mol. The van der Waals surface area contributed by atoms with Crippen molar-refractivity contribution in [3.8, 4) is 28.7 Å². The molecule has 1 unspecified atom stereocenters. The van der Waals surface area contributed by atoms with Gasteiger partial charge in [-0.2, -0.15) is 15.5 Å². The van der Waals surface area contributed by atoms with E-state index in [1.54, 1.807) is 17.1 Å². The maximum Gasteiger partial charge on any atom is 0.149 e. The van der Waals surface area contributed by atoms with E-state index < -0.39 is 0 Å². The van der Waals surface area contributed by atoms with Crippen LogP contribution in [-0.2, 0) is 7.05 Å². The molecule has 0 fully saturated rings. The highest BCUT2D eigenvalue weighted by atomic mass is 15.3. The fourth-order valence-corrected chi connectivity index (χ4v) is 3.55. The summed E-state index contributed by atoms with van der Waals surface area (Å²) in [5, 5.41) is 18.1. The summed E-state index contributed by atoms with van der Waals surface area (Å²) in [4.78, 5) is 9.31. The molecule has 0 aliphatic carbocycles. The molecule has 0 aromatic carbocycles. The zero-order valence-corrected chi connectivity index (χ0v) is 17.1. The summed E-state index contributed by atoms with van der Waals surface area (Å²) in [6, 6.07) is 4.26. The molecule has 0 spiro atoms. The highest BCUT2D eigenvalue weighted by Crippen LogP contribution is 2.31. The van der Waals surface area contributed by atoms with Gasteiger partial charge in [0.1, 0.15) is 11.5 Å². The third-order valence-corrected chi connectivity index (χ3v) is 4.80. The fourth-order valence-electron chi connectivity index (χ4n) is 3.55. The van der Waals surface area contributed by atoms with E-state index >= 15 is 0 Å².